The van der Waals surface area contributed by atoms with Gasteiger partial charge in [-0.15, -0.1) is 0 Å². The summed E-state index contributed by atoms with van der Waals surface area (Å²) in [6.45, 7) is 2.29. The number of rotatable bonds is 5. The van der Waals surface area contributed by atoms with Crippen molar-refractivity contribution < 1.29 is 17.1 Å². The average Bonchev–Trinajstić information content (AvgIpc) is 3.97. The molecule has 12 rings (SSSR count). The fraction of sp³-hybridized carbons (Fsp3) is 0.200. The lowest BCUT2D eigenvalue weighted by Crippen LogP contribution is -2.17. The average molecular weight is 935 g/mol. The van der Waals surface area contributed by atoms with E-state index in [0.29, 0.717) is 28.2 Å². The Morgan fingerprint density at radius 2 is 1.10 bits per heavy atom. The first-order valence-electron chi connectivity index (χ1n) is 28.6. The molecule has 5 heterocycles. The molecule has 4 aromatic heterocycles. The highest BCUT2D eigenvalue weighted by Gasteiger charge is 2.28. The van der Waals surface area contributed by atoms with Crippen LogP contribution in [0, 0.1) is 0 Å². The Morgan fingerprint density at radius 1 is 0.493 bits per heavy atom. The van der Waals surface area contributed by atoms with Crippen molar-refractivity contribution in [2.45, 2.75) is 85.0 Å². The first-order chi connectivity index (χ1) is 37.8. The molecule has 6 heteroatoms. The van der Waals surface area contributed by atoms with Crippen molar-refractivity contribution >= 4 is 76.5 Å². The Labute approximate surface area is 428 Å². The summed E-state index contributed by atoms with van der Waals surface area (Å²) in [5.41, 5.74) is 3.86. The van der Waals surface area contributed by atoms with Gasteiger partial charge in [-0.25, -0.2) is 4.98 Å². The van der Waals surface area contributed by atoms with Crippen LogP contribution in [0.2, 0.25) is 0 Å². The van der Waals surface area contributed by atoms with Gasteiger partial charge in [0.2, 0.25) is 0 Å². The van der Waals surface area contributed by atoms with Gasteiger partial charge in [-0.1, -0.05) is 177 Å². The molecular weight excluding hydrogens is 867 g/mol. The minimum Gasteiger partial charge on any atom is -0.456 e. The SMILES string of the molecule is [2H]C([2H])([2H])C(c1cc(-c2cccc3c4ccccc4c4ccccc4c4cccc5c4n(c23)CN5c2cncc(Oc3ccc4c5ccccc5n(-c5cc(C(C)(C)C)ccn5)c4c3)c2)cc(C(C)(C)C)c1)(C([2H])([2H])[2H])C([2H])([2H])[2H]. The Hall–Kier alpha value is -7.96. The van der Waals surface area contributed by atoms with Crippen LogP contribution in [-0.2, 0) is 22.9 Å². The summed E-state index contributed by atoms with van der Waals surface area (Å²) in [6.07, 6.45) is 5.40. The third kappa shape index (κ3) is 7.56. The fourth-order valence-corrected chi connectivity index (χ4v) is 10.6. The van der Waals surface area contributed by atoms with E-state index in [0.717, 1.165) is 82.3 Å². The third-order valence-electron chi connectivity index (χ3n) is 14.2. The Morgan fingerprint density at radius 3 is 1.79 bits per heavy atom. The second kappa shape index (κ2) is 16.3. The number of pyridine rings is 2. The molecule has 11 aromatic rings. The van der Waals surface area contributed by atoms with E-state index in [1.165, 1.54) is 17.7 Å². The minimum absolute atomic E-state index is 0.0845. The van der Waals surface area contributed by atoms with Crippen molar-refractivity contribution in [3.8, 4) is 28.4 Å². The molecule has 71 heavy (non-hydrogen) atoms. The highest BCUT2D eigenvalue weighted by atomic mass is 16.5. The molecule has 0 unspecified atom stereocenters. The highest BCUT2D eigenvalue weighted by molar-refractivity contribution is 6.22. The number of para-hydroxylation sites is 3. The second-order valence-electron chi connectivity index (χ2n) is 20.9. The number of nitrogens with zero attached hydrogens (tertiary/aromatic N) is 5. The van der Waals surface area contributed by atoms with Crippen molar-refractivity contribution in [3.63, 3.8) is 0 Å². The van der Waals surface area contributed by atoms with Gasteiger partial charge in [-0.2, -0.15) is 0 Å². The topological polar surface area (TPSA) is 48.1 Å². The lowest BCUT2D eigenvalue weighted by Gasteiger charge is -2.27. The summed E-state index contributed by atoms with van der Waals surface area (Å²) >= 11 is 0. The van der Waals surface area contributed by atoms with Crippen LogP contribution < -0.4 is 9.64 Å². The van der Waals surface area contributed by atoms with Gasteiger partial charge in [0.15, 0.2) is 0 Å². The van der Waals surface area contributed by atoms with Gasteiger partial charge in [0.25, 0.3) is 0 Å². The van der Waals surface area contributed by atoms with Gasteiger partial charge < -0.3 is 14.2 Å². The molecule has 0 radical (unpaired) electrons. The second-order valence-corrected chi connectivity index (χ2v) is 20.9. The number of benzene rings is 7. The van der Waals surface area contributed by atoms with Crippen LogP contribution in [0.25, 0.3) is 82.1 Å². The van der Waals surface area contributed by atoms with Gasteiger partial charge in [-0.05, 0) is 96.4 Å². The van der Waals surface area contributed by atoms with Crippen LogP contribution in [0.4, 0.5) is 11.4 Å². The molecule has 0 N–H and O–H groups in total. The molecule has 1 aliphatic rings. The molecule has 0 bridgehead atoms. The van der Waals surface area contributed by atoms with E-state index in [4.69, 9.17) is 27.0 Å². The number of fused-ring (bicyclic) bond motifs is 10. The van der Waals surface area contributed by atoms with Crippen molar-refractivity contribution in [2.24, 2.45) is 0 Å². The molecule has 0 saturated carbocycles. The summed E-state index contributed by atoms with van der Waals surface area (Å²) in [4.78, 5) is 11.9. The van der Waals surface area contributed by atoms with E-state index >= 15 is 0 Å². The minimum atomic E-state index is -3.47. The van der Waals surface area contributed by atoms with Gasteiger partial charge in [0, 0.05) is 57.8 Å². The molecule has 0 aliphatic carbocycles. The quantitative estimate of drug-likeness (QED) is 0.173. The van der Waals surface area contributed by atoms with Crippen LogP contribution in [0.5, 0.6) is 11.5 Å². The smallest absolute Gasteiger partial charge is 0.147 e. The zero-order chi connectivity index (χ0) is 56.5. The zero-order valence-electron chi connectivity index (χ0n) is 49.7. The molecule has 0 saturated heterocycles. The summed E-state index contributed by atoms with van der Waals surface area (Å²) in [6, 6.07) is 54.5. The lowest BCUT2D eigenvalue weighted by molar-refractivity contribution is 0.481. The molecule has 350 valence electrons. The molecular formula is C65H59N5O. The largest absolute Gasteiger partial charge is 0.456 e. The fourth-order valence-electron chi connectivity index (χ4n) is 10.6. The van der Waals surface area contributed by atoms with E-state index in [9.17, 15) is 0 Å². The van der Waals surface area contributed by atoms with Crippen molar-refractivity contribution in [1.29, 1.82) is 0 Å². The van der Waals surface area contributed by atoms with E-state index in [2.05, 4.69) is 126 Å². The van der Waals surface area contributed by atoms with Gasteiger partial charge in [0.1, 0.15) is 24.0 Å². The van der Waals surface area contributed by atoms with Crippen molar-refractivity contribution in [1.82, 2.24) is 19.1 Å². The normalized spacial score (nSPS) is 15.5. The molecule has 0 fully saturated rings. The third-order valence-corrected chi connectivity index (χ3v) is 14.2. The first-order valence-corrected chi connectivity index (χ1v) is 24.1. The number of aromatic nitrogens is 4. The highest BCUT2D eigenvalue weighted by Crippen LogP contribution is 2.46. The Balaban J connectivity index is 1.08. The molecule has 0 amide bonds. The maximum absolute atomic E-state index is 8.79. The van der Waals surface area contributed by atoms with E-state index in [1.54, 1.807) is 6.20 Å². The molecule has 0 spiro atoms. The number of anilines is 2. The van der Waals surface area contributed by atoms with Crippen LogP contribution in [0.3, 0.4) is 0 Å². The monoisotopic (exact) mass is 935 g/mol. The molecule has 6 nitrogen and oxygen atoms in total. The maximum Gasteiger partial charge on any atom is 0.147 e. The maximum atomic E-state index is 8.79. The van der Waals surface area contributed by atoms with Crippen LogP contribution >= 0.6 is 0 Å². The van der Waals surface area contributed by atoms with Crippen LogP contribution in [0.15, 0.2) is 182 Å². The summed E-state index contributed by atoms with van der Waals surface area (Å²) < 4.78 is 90.4. The van der Waals surface area contributed by atoms with Crippen LogP contribution in [0.1, 0.15) is 91.1 Å². The number of hydrogen-bond donors (Lipinski definition) is 0. The van der Waals surface area contributed by atoms with E-state index in [1.807, 2.05) is 93.8 Å². The Kier molecular flexibility index (Phi) is 8.08. The van der Waals surface area contributed by atoms with Crippen molar-refractivity contribution in [2.75, 3.05) is 4.90 Å². The standard InChI is InChI=1S/C65H59N5O/c1-63(2,3)42-30-31-67-60(35-42)70-57-26-15-14-22-53(57)54-29-28-46(37-59(54)70)71-47-36-45(38-66-39-47)68-40-69-61-48(41-32-43(64(4,5)6)34-44(33-41)65(7,8)9)23-16-24-55(61)51-20-12-10-18-49(51)50-19-11-13-21-52(50)56-25-17-27-58(68)62(56)69/h10-39H,40H2,1-9H3/i4D3,5D3,6D3. The summed E-state index contributed by atoms with van der Waals surface area (Å²) in [7, 11) is 0. The van der Waals surface area contributed by atoms with E-state index in [-0.39, 0.29) is 17.6 Å². The molecule has 0 atom stereocenters. The molecule has 1 aliphatic heterocycles. The first kappa shape index (κ1) is 35.2. The summed E-state index contributed by atoms with van der Waals surface area (Å²) in [5.74, 6) is 1.95. The molecule has 7 aromatic carbocycles. The van der Waals surface area contributed by atoms with Gasteiger partial charge >= 0.3 is 0 Å². The van der Waals surface area contributed by atoms with Gasteiger partial charge in [0.05, 0.1) is 45.8 Å². The number of ether oxygens (including phenoxy) is 1. The van der Waals surface area contributed by atoms with Crippen molar-refractivity contribution in [3.05, 3.63) is 199 Å². The zero-order valence-corrected chi connectivity index (χ0v) is 40.7. The predicted octanol–water partition coefficient (Wildman–Crippen LogP) is 17.6. The van der Waals surface area contributed by atoms with E-state index < -0.39 is 31.4 Å². The number of hydrogen-bond acceptors (Lipinski definition) is 4. The predicted molar refractivity (Wildman–Crippen MR) is 299 cm³/mol. The Bertz CT molecular complexity index is 4350. The summed E-state index contributed by atoms with van der Waals surface area (Å²) in [5, 5.41) is 7.95. The van der Waals surface area contributed by atoms with Gasteiger partial charge in [-0.3, -0.25) is 9.55 Å². The van der Waals surface area contributed by atoms with Crippen LogP contribution in [-0.4, -0.2) is 19.1 Å². The lowest BCUT2D eigenvalue weighted by atomic mass is 9.78.